The molecule has 2 saturated heterocycles. The average Bonchev–Trinajstić information content (AvgIpc) is 4.02. The van der Waals surface area contributed by atoms with Gasteiger partial charge in [-0.25, -0.2) is 9.97 Å². The molecular formula is C44H54N6O2S2. The van der Waals surface area contributed by atoms with Gasteiger partial charge in [-0.3, -0.25) is 9.59 Å². The number of H-pyrrole nitrogens is 2. The zero-order valence-corrected chi connectivity index (χ0v) is 34.5. The van der Waals surface area contributed by atoms with Gasteiger partial charge in [-0.05, 0) is 96.9 Å². The number of likely N-dealkylation sites (tertiary alicyclic amines) is 2. The maximum Gasteiger partial charge on any atom is 0.239 e. The largest absolute Gasteiger partial charge is 0.340 e. The number of carbonyl (C=O) groups is 2. The number of aromatic amines is 2. The molecule has 0 bridgehead atoms. The molecule has 4 unspecified atom stereocenters. The van der Waals surface area contributed by atoms with Crippen molar-refractivity contribution >= 4 is 46.4 Å². The second-order valence-electron chi connectivity index (χ2n) is 15.9. The van der Waals surface area contributed by atoms with E-state index in [0.29, 0.717) is 5.92 Å². The van der Waals surface area contributed by atoms with Crippen molar-refractivity contribution in [3.05, 3.63) is 84.6 Å². The minimum absolute atomic E-state index is 0.0293. The van der Waals surface area contributed by atoms with Crippen molar-refractivity contribution < 1.29 is 9.59 Å². The quantitative estimate of drug-likeness (QED) is 0.139. The summed E-state index contributed by atoms with van der Waals surface area (Å²) in [5, 5.41) is 0. The van der Waals surface area contributed by atoms with Gasteiger partial charge in [0, 0.05) is 19.0 Å². The number of nitrogens with one attached hydrogen (secondary N) is 2. The van der Waals surface area contributed by atoms with Crippen LogP contribution in [0, 0.1) is 17.8 Å². The van der Waals surface area contributed by atoms with Crippen molar-refractivity contribution in [2.24, 2.45) is 17.8 Å². The highest BCUT2D eigenvalue weighted by Gasteiger charge is 2.48. The van der Waals surface area contributed by atoms with Crippen LogP contribution in [-0.4, -0.2) is 71.9 Å². The third-order valence-corrected chi connectivity index (χ3v) is 15.1. The van der Waals surface area contributed by atoms with Gasteiger partial charge < -0.3 is 19.8 Å². The summed E-state index contributed by atoms with van der Waals surface area (Å²) in [6.45, 7) is 14.1. The minimum atomic E-state index is -0.467. The first-order valence-electron chi connectivity index (χ1n) is 19.4. The van der Waals surface area contributed by atoms with E-state index in [-0.39, 0.29) is 29.7 Å². The Labute approximate surface area is 328 Å². The number of thioether (sulfide) groups is 2. The van der Waals surface area contributed by atoms with Gasteiger partial charge in [-0.2, -0.15) is 0 Å². The summed E-state index contributed by atoms with van der Waals surface area (Å²) in [4.78, 5) is 47.9. The van der Waals surface area contributed by atoms with E-state index in [4.69, 9.17) is 9.97 Å². The van der Waals surface area contributed by atoms with Gasteiger partial charge in [-0.1, -0.05) is 89.2 Å². The minimum Gasteiger partial charge on any atom is -0.340 e. The smallest absolute Gasteiger partial charge is 0.239 e. The zero-order chi connectivity index (χ0) is 38.4. The summed E-state index contributed by atoms with van der Waals surface area (Å²) in [7, 11) is 0. The number of hydrogen-bond donors (Lipinski definition) is 2. The lowest BCUT2D eigenvalue weighted by molar-refractivity contribution is -0.138. The van der Waals surface area contributed by atoms with E-state index in [0.717, 1.165) is 95.0 Å². The van der Waals surface area contributed by atoms with Gasteiger partial charge in [-0.15, -0.1) is 23.5 Å². The third kappa shape index (κ3) is 6.78. The van der Waals surface area contributed by atoms with Crippen molar-refractivity contribution in [2.45, 2.75) is 82.9 Å². The Bertz CT molecular complexity index is 2120. The number of rotatable bonds is 11. The molecule has 3 aromatic carbocycles. The van der Waals surface area contributed by atoms with Gasteiger partial charge in [0.1, 0.15) is 16.5 Å². The molecule has 2 aliphatic rings. The van der Waals surface area contributed by atoms with Crippen LogP contribution in [-0.2, 0) is 14.5 Å². The number of nitrogens with zero attached hydrogens (tertiary/aromatic N) is 4. The van der Waals surface area contributed by atoms with Crippen LogP contribution in [0.1, 0.15) is 84.9 Å². The highest BCUT2D eigenvalue weighted by molar-refractivity contribution is 8.00. The number of benzene rings is 3. The summed E-state index contributed by atoms with van der Waals surface area (Å²) in [5.41, 5.74) is 8.46. The summed E-state index contributed by atoms with van der Waals surface area (Å²) in [6, 6.07) is 23.6. The Hall–Kier alpha value is -4.02. The maximum atomic E-state index is 13.8. The predicted octanol–water partition coefficient (Wildman–Crippen LogP) is 10.2. The number of fused-ring (bicyclic) bond motifs is 1. The van der Waals surface area contributed by atoms with E-state index in [1.54, 1.807) is 23.5 Å². The lowest BCUT2D eigenvalue weighted by atomic mass is 9.95. The van der Waals surface area contributed by atoms with Crippen LogP contribution < -0.4 is 0 Å². The molecule has 2 aromatic heterocycles. The molecule has 2 amide bonds. The fourth-order valence-electron chi connectivity index (χ4n) is 8.05. The van der Waals surface area contributed by atoms with E-state index in [1.165, 1.54) is 0 Å². The number of carbonyl (C=O) groups excluding carboxylic acids is 2. The Kier molecular flexibility index (Phi) is 10.8. The molecule has 0 spiro atoms. The van der Waals surface area contributed by atoms with Crippen molar-refractivity contribution in [3.8, 4) is 33.5 Å². The number of amides is 2. The van der Waals surface area contributed by atoms with E-state index in [2.05, 4.69) is 127 Å². The molecule has 2 N–H and O–H groups in total. The van der Waals surface area contributed by atoms with E-state index in [9.17, 15) is 9.59 Å². The van der Waals surface area contributed by atoms with Crippen LogP contribution in [0.25, 0.3) is 44.5 Å². The van der Waals surface area contributed by atoms with Crippen LogP contribution in [0.3, 0.4) is 0 Å². The highest BCUT2D eigenvalue weighted by atomic mass is 32.2. The van der Waals surface area contributed by atoms with Gasteiger partial charge in [0.2, 0.25) is 11.8 Å². The molecule has 4 heterocycles. The Morgan fingerprint density at radius 3 is 2.09 bits per heavy atom. The first-order chi connectivity index (χ1) is 25.9. The standard InChI is InChI=1S/C44H54N6O2S2/c1-27(2)29(5)40(51)50-24-10-22-44(50,54-8)41-45-26-37(48-41)33-18-16-31(17-19-33)30-12-14-32(15-13-30)34-20-21-35-36(25-34)47-39(46-35)38-11-9-23-49(38)42(52)43(6,53-7)28(3)4/h12-21,25-29,38H,9-11,22-24H2,1-8H3,(H,45,48)(H,46,47). The molecule has 2 aliphatic heterocycles. The lowest BCUT2D eigenvalue weighted by Gasteiger charge is -2.37. The van der Waals surface area contributed by atoms with Crippen molar-refractivity contribution in [1.29, 1.82) is 0 Å². The van der Waals surface area contributed by atoms with Crippen LogP contribution in [0.4, 0.5) is 0 Å². The second kappa shape index (κ2) is 15.3. The molecule has 8 nitrogen and oxygen atoms in total. The van der Waals surface area contributed by atoms with E-state index < -0.39 is 9.62 Å². The number of aromatic nitrogens is 4. The Morgan fingerprint density at radius 2 is 1.48 bits per heavy atom. The molecule has 2 fully saturated rings. The highest BCUT2D eigenvalue weighted by Crippen LogP contribution is 2.47. The van der Waals surface area contributed by atoms with Crippen LogP contribution >= 0.6 is 23.5 Å². The summed E-state index contributed by atoms with van der Waals surface area (Å²) >= 11 is 3.36. The summed E-state index contributed by atoms with van der Waals surface area (Å²) < 4.78 is -0.454. The first-order valence-corrected chi connectivity index (χ1v) is 21.8. The zero-order valence-electron chi connectivity index (χ0n) is 32.9. The molecule has 54 heavy (non-hydrogen) atoms. The fraction of sp³-hybridized carbons (Fsp3) is 0.455. The fourth-order valence-corrected chi connectivity index (χ4v) is 9.86. The molecule has 0 saturated carbocycles. The normalized spacial score (nSPS) is 20.7. The van der Waals surface area contributed by atoms with Crippen LogP contribution in [0.2, 0.25) is 0 Å². The number of hydrogen-bond acceptors (Lipinski definition) is 6. The SMILES string of the molecule is CSC(C)(C(=O)N1CCCC1c1nc2ccc(-c3ccc(-c4ccc(-c5cnc(C6(SC)CCCN6C(=O)C(C)C(C)C)[nH]5)cc4)cc3)cc2[nH]1)C(C)C. The van der Waals surface area contributed by atoms with Gasteiger partial charge in [0.05, 0.1) is 33.7 Å². The van der Waals surface area contributed by atoms with Crippen molar-refractivity contribution in [2.75, 3.05) is 25.6 Å². The molecule has 7 rings (SSSR count). The topological polar surface area (TPSA) is 98.0 Å². The summed E-state index contributed by atoms with van der Waals surface area (Å²) in [6.07, 6.45) is 9.80. The molecule has 10 heteroatoms. The average molecular weight is 763 g/mol. The third-order valence-electron chi connectivity index (χ3n) is 12.3. The molecule has 0 aliphatic carbocycles. The van der Waals surface area contributed by atoms with Gasteiger partial charge >= 0.3 is 0 Å². The van der Waals surface area contributed by atoms with Crippen molar-refractivity contribution in [1.82, 2.24) is 29.7 Å². The van der Waals surface area contributed by atoms with Crippen LogP contribution in [0.5, 0.6) is 0 Å². The van der Waals surface area contributed by atoms with Crippen LogP contribution in [0.15, 0.2) is 72.9 Å². The summed E-state index contributed by atoms with van der Waals surface area (Å²) in [5.74, 6) is 2.65. The number of imidazole rings is 2. The Balaban J connectivity index is 1.06. The molecular weight excluding hydrogens is 709 g/mol. The van der Waals surface area contributed by atoms with E-state index in [1.807, 2.05) is 19.4 Å². The lowest BCUT2D eigenvalue weighted by Crippen LogP contribution is -2.47. The monoisotopic (exact) mass is 762 g/mol. The van der Waals surface area contributed by atoms with E-state index >= 15 is 0 Å². The predicted molar refractivity (Wildman–Crippen MR) is 225 cm³/mol. The maximum absolute atomic E-state index is 13.8. The first kappa shape index (κ1) is 38.3. The molecule has 5 aromatic rings. The Morgan fingerprint density at radius 1 is 0.852 bits per heavy atom. The molecule has 284 valence electrons. The molecule has 4 atom stereocenters. The molecule has 0 radical (unpaired) electrons. The van der Waals surface area contributed by atoms with Crippen molar-refractivity contribution in [3.63, 3.8) is 0 Å². The van der Waals surface area contributed by atoms with Gasteiger partial charge in [0.25, 0.3) is 0 Å². The van der Waals surface area contributed by atoms with Gasteiger partial charge in [0.15, 0.2) is 0 Å². The second-order valence-corrected chi connectivity index (χ2v) is 18.2.